The number of hydrogen-bond donors (Lipinski definition) is 1. The number of benzene rings is 1. The molecule has 2 aromatic rings. The molecule has 0 aliphatic rings. The van der Waals surface area contributed by atoms with Crippen molar-refractivity contribution in [1.29, 1.82) is 0 Å². The highest BCUT2D eigenvalue weighted by Gasteiger charge is 2.18. The Morgan fingerprint density at radius 3 is 2.60 bits per heavy atom. The van der Waals surface area contributed by atoms with Gasteiger partial charge in [0.25, 0.3) is 0 Å². The summed E-state index contributed by atoms with van der Waals surface area (Å²) in [5.74, 6) is 0.863. The Morgan fingerprint density at radius 2 is 2.05 bits per heavy atom. The summed E-state index contributed by atoms with van der Waals surface area (Å²) in [5.41, 5.74) is 1.23. The first-order valence-electron chi connectivity index (χ1n) is 6.47. The van der Waals surface area contributed by atoms with Crippen LogP contribution in [-0.4, -0.2) is 13.7 Å². The van der Waals surface area contributed by atoms with E-state index in [0.717, 1.165) is 27.0 Å². The van der Waals surface area contributed by atoms with Crippen LogP contribution in [0.3, 0.4) is 0 Å². The fourth-order valence-electron chi connectivity index (χ4n) is 2.00. The molecule has 2 rings (SSSR count). The Labute approximate surface area is 140 Å². The van der Waals surface area contributed by atoms with Crippen LogP contribution in [0, 0.1) is 0 Å². The summed E-state index contributed by atoms with van der Waals surface area (Å²) < 4.78 is 7.48. The van der Waals surface area contributed by atoms with Gasteiger partial charge in [-0.05, 0) is 58.7 Å². The average molecular weight is 419 g/mol. The van der Waals surface area contributed by atoms with Crippen LogP contribution in [0.25, 0.3) is 0 Å². The van der Waals surface area contributed by atoms with E-state index in [-0.39, 0.29) is 6.04 Å². The number of methoxy groups -OCH3 is 1. The predicted octanol–water partition coefficient (Wildman–Crippen LogP) is 5.37. The molecule has 1 aromatic heterocycles. The molecule has 1 unspecified atom stereocenters. The van der Waals surface area contributed by atoms with E-state index in [0.29, 0.717) is 0 Å². The molecule has 1 heterocycles. The van der Waals surface area contributed by atoms with E-state index in [1.807, 2.05) is 12.1 Å². The topological polar surface area (TPSA) is 21.3 Å². The first-order chi connectivity index (χ1) is 9.65. The highest BCUT2D eigenvalue weighted by Crippen LogP contribution is 2.35. The van der Waals surface area contributed by atoms with Gasteiger partial charge in [-0.1, -0.05) is 28.9 Å². The van der Waals surface area contributed by atoms with E-state index < -0.39 is 0 Å². The van der Waals surface area contributed by atoms with Gasteiger partial charge < -0.3 is 10.1 Å². The molecule has 1 aromatic carbocycles. The maximum atomic E-state index is 5.27. The van der Waals surface area contributed by atoms with Gasteiger partial charge in [-0.2, -0.15) is 0 Å². The summed E-state index contributed by atoms with van der Waals surface area (Å²) in [6, 6.07) is 10.6. The molecule has 0 saturated carbocycles. The first kappa shape index (κ1) is 16.0. The van der Waals surface area contributed by atoms with Gasteiger partial charge in [-0.3, -0.25) is 0 Å². The van der Waals surface area contributed by atoms with Crippen molar-refractivity contribution in [3.8, 4) is 5.75 Å². The first-order valence-corrected chi connectivity index (χ1v) is 8.88. The molecule has 108 valence electrons. The Morgan fingerprint density at radius 1 is 1.25 bits per heavy atom. The third-order valence-corrected chi connectivity index (χ3v) is 5.37. The number of thiophene rings is 1. The van der Waals surface area contributed by atoms with E-state index in [9.17, 15) is 0 Å². The molecule has 20 heavy (non-hydrogen) atoms. The van der Waals surface area contributed by atoms with Crippen molar-refractivity contribution >= 4 is 43.2 Å². The van der Waals surface area contributed by atoms with Crippen molar-refractivity contribution in [2.45, 2.75) is 19.4 Å². The maximum absolute atomic E-state index is 5.27. The van der Waals surface area contributed by atoms with E-state index in [2.05, 4.69) is 62.3 Å². The van der Waals surface area contributed by atoms with E-state index in [4.69, 9.17) is 4.74 Å². The summed E-state index contributed by atoms with van der Waals surface area (Å²) in [6.45, 7) is 3.16. The Balaban J connectivity index is 2.35. The number of ether oxygens (including phenoxy) is 1. The second kappa shape index (κ2) is 7.59. The van der Waals surface area contributed by atoms with Crippen LogP contribution in [0.1, 0.15) is 29.8 Å². The summed E-state index contributed by atoms with van der Waals surface area (Å²) in [7, 11) is 1.69. The molecule has 0 bridgehead atoms. The standard InChI is InChI=1S/C15H17Br2NOS/c1-3-8-18-15(13-6-7-14(17)20-13)11-5-4-10(19-2)9-12(11)16/h4-7,9,15,18H,3,8H2,1-2H3. The second-order valence-corrected chi connectivity index (χ2v) is 7.77. The third kappa shape index (κ3) is 3.85. The Kier molecular flexibility index (Phi) is 6.08. The number of rotatable bonds is 6. The molecule has 0 radical (unpaired) electrons. The van der Waals surface area contributed by atoms with Crippen LogP contribution in [0.5, 0.6) is 5.75 Å². The van der Waals surface area contributed by atoms with Crippen molar-refractivity contribution < 1.29 is 4.74 Å². The molecule has 0 amide bonds. The molecular formula is C15H17Br2NOS. The van der Waals surface area contributed by atoms with Gasteiger partial charge >= 0.3 is 0 Å². The van der Waals surface area contributed by atoms with E-state index in [1.165, 1.54) is 10.4 Å². The zero-order valence-corrected chi connectivity index (χ0v) is 15.4. The van der Waals surface area contributed by atoms with Crippen molar-refractivity contribution in [1.82, 2.24) is 5.32 Å². The Hall–Kier alpha value is -0.360. The minimum absolute atomic E-state index is 0.200. The van der Waals surface area contributed by atoms with Gasteiger partial charge in [0.1, 0.15) is 5.75 Å². The number of hydrogen-bond acceptors (Lipinski definition) is 3. The Bertz CT molecular complexity index is 571. The monoisotopic (exact) mass is 417 g/mol. The lowest BCUT2D eigenvalue weighted by Crippen LogP contribution is -2.22. The van der Waals surface area contributed by atoms with Gasteiger partial charge in [0.15, 0.2) is 0 Å². The summed E-state index contributed by atoms with van der Waals surface area (Å²) in [4.78, 5) is 1.30. The van der Waals surface area contributed by atoms with Crippen LogP contribution in [-0.2, 0) is 0 Å². The van der Waals surface area contributed by atoms with Gasteiger partial charge in [-0.15, -0.1) is 11.3 Å². The van der Waals surface area contributed by atoms with Gasteiger partial charge in [0.05, 0.1) is 16.9 Å². The second-order valence-electron chi connectivity index (χ2n) is 4.42. The highest BCUT2D eigenvalue weighted by molar-refractivity contribution is 9.11. The van der Waals surface area contributed by atoms with Crippen LogP contribution in [0.15, 0.2) is 38.6 Å². The summed E-state index contributed by atoms with van der Waals surface area (Å²) in [6.07, 6.45) is 1.11. The van der Waals surface area contributed by atoms with Crippen LogP contribution in [0.4, 0.5) is 0 Å². The SMILES string of the molecule is CCCNC(c1ccc(Br)s1)c1ccc(OC)cc1Br. The molecule has 0 spiro atoms. The lowest BCUT2D eigenvalue weighted by Gasteiger charge is -2.19. The largest absolute Gasteiger partial charge is 0.497 e. The summed E-state index contributed by atoms with van der Waals surface area (Å²) >= 11 is 8.96. The molecule has 2 nitrogen and oxygen atoms in total. The lowest BCUT2D eigenvalue weighted by atomic mass is 10.0. The minimum atomic E-state index is 0.200. The van der Waals surface area contributed by atoms with Gasteiger partial charge in [0, 0.05) is 9.35 Å². The lowest BCUT2D eigenvalue weighted by molar-refractivity contribution is 0.414. The average Bonchev–Trinajstić information content (AvgIpc) is 2.87. The van der Waals surface area contributed by atoms with Crippen molar-refractivity contribution in [3.05, 3.63) is 49.0 Å². The smallest absolute Gasteiger partial charge is 0.120 e. The fraction of sp³-hybridized carbons (Fsp3) is 0.333. The van der Waals surface area contributed by atoms with Gasteiger partial charge in [-0.25, -0.2) is 0 Å². The molecule has 1 atom stereocenters. The molecule has 0 aliphatic heterocycles. The maximum Gasteiger partial charge on any atom is 0.120 e. The molecule has 0 aliphatic carbocycles. The van der Waals surface area contributed by atoms with Crippen LogP contribution < -0.4 is 10.1 Å². The summed E-state index contributed by atoms with van der Waals surface area (Å²) in [5, 5.41) is 3.61. The van der Waals surface area contributed by atoms with Gasteiger partial charge in [0.2, 0.25) is 0 Å². The quantitative estimate of drug-likeness (QED) is 0.680. The normalized spacial score (nSPS) is 12.4. The molecule has 5 heteroatoms. The zero-order chi connectivity index (χ0) is 14.5. The van der Waals surface area contributed by atoms with Crippen molar-refractivity contribution in [3.63, 3.8) is 0 Å². The molecular weight excluding hydrogens is 402 g/mol. The number of nitrogens with one attached hydrogen (secondary N) is 1. The minimum Gasteiger partial charge on any atom is -0.497 e. The van der Waals surface area contributed by atoms with E-state index in [1.54, 1.807) is 18.4 Å². The van der Waals surface area contributed by atoms with Crippen LogP contribution in [0.2, 0.25) is 0 Å². The predicted molar refractivity (Wildman–Crippen MR) is 92.8 cm³/mol. The number of halogens is 2. The third-order valence-electron chi connectivity index (χ3n) is 3.00. The highest BCUT2D eigenvalue weighted by atomic mass is 79.9. The fourth-order valence-corrected chi connectivity index (χ4v) is 4.11. The zero-order valence-electron chi connectivity index (χ0n) is 11.5. The van der Waals surface area contributed by atoms with Crippen molar-refractivity contribution in [2.75, 3.05) is 13.7 Å². The molecule has 1 N–H and O–H groups in total. The molecule has 0 fully saturated rings. The molecule has 0 saturated heterocycles. The van der Waals surface area contributed by atoms with Crippen molar-refractivity contribution in [2.24, 2.45) is 0 Å². The van der Waals surface area contributed by atoms with E-state index >= 15 is 0 Å². The van der Waals surface area contributed by atoms with Crippen LogP contribution >= 0.6 is 43.2 Å².